The minimum Gasteiger partial charge on any atom is -0.352 e. The molecule has 8 nitrogen and oxygen atoms in total. The van der Waals surface area contributed by atoms with Crippen molar-refractivity contribution in [3.63, 3.8) is 0 Å². The molecule has 0 unspecified atom stereocenters. The molecule has 0 spiro atoms. The number of rotatable bonds is 9. The summed E-state index contributed by atoms with van der Waals surface area (Å²) in [7, 11) is 0. The van der Waals surface area contributed by atoms with Crippen LogP contribution >= 0.6 is 11.3 Å². The topological polar surface area (TPSA) is 104 Å². The second-order valence-electron chi connectivity index (χ2n) is 7.90. The van der Waals surface area contributed by atoms with E-state index in [0.29, 0.717) is 22.9 Å². The minimum atomic E-state index is -0.342. The molecule has 0 fully saturated rings. The van der Waals surface area contributed by atoms with Crippen LogP contribution in [0.1, 0.15) is 41.0 Å². The molecule has 1 aromatic carbocycles. The van der Waals surface area contributed by atoms with Gasteiger partial charge in [-0.15, -0.1) is 11.3 Å². The number of aromatic nitrogens is 2. The molecule has 0 bridgehead atoms. The Kier molecular flexibility index (Phi) is 8.26. The SMILES string of the molecule is Cc1ccc(C(=O)N(CC(=O)Nc2nc(CC(=O)NCc3cccnc3)cs2)C(C)C)cc1. The number of carbonyl (C=O) groups excluding carboxylic acids is 3. The maximum atomic E-state index is 12.9. The van der Waals surface area contributed by atoms with Crippen molar-refractivity contribution >= 4 is 34.2 Å². The van der Waals surface area contributed by atoms with Crippen molar-refractivity contribution in [3.05, 3.63) is 76.6 Å². The van der Waals surface area contributed by atoms with E-state index in [1.807, 2.05) is 45.0 Å². The molecule has 3 rings (SSSR count). The number of amides is 3. The number of hydrogen-bond acceptors (Lipinski definition) is 6. The molecule has 0 saturated carbocycles. The highest BCUT2D eigenvalue weighted by Crippen LogP contribution is 2.17. The van der Waals surface area contributed by atoms with Crippen molar-refractivity contribution < 1.29 is 14.4 Å². The molecule has 3 aromatic rings. The van der Waals surface area contributed by atoms with Gasteiger partial charge in [-0.25, -0.2) is 4.98 Å². The summed E-state index contributed by atoms with van der Waals surface area (Å²) in [4.78, 5) is 47.5. The van der Waals surface area contributed by atoms with Crippen LogP contribution in [0.25, 0.3) is 0 Å². The number of nitrogens with zero attached hydrogens (tertiary/aromatic N) is 3. The lowest BCUT2D eigenvalue weighted by molar-refractivity contribution is -0.120. The van der Waals surface area contributed by atoms with E-state index >= 15 is 0 Å². The summed E-state index contributed by atoms with van der Waals surface area (Å²) in [6.45, 7) is 5.98. The van der Waals surface area contributed by atoms with E-state index in [4.69, 9.17) is 0 Å². The van der Waals surface area contributed by atoms with Gasteiger partial charge in [-0.05, 0) is 44.5 Å². The van der Waals surface area contributed by atoms with Crippen LogP contribution in [-0.4, -0.2) is 45.2 Å². The Balaban J connectivity index is 1.52. The fraction of sp³-hybridized carbons (Fsp3) is 0.292. The van der Waals surface area contributed by atoms with Crippen molar-refractivity contribution in [2.45, 2.75) is 39.8 Å². The van der Waals surface area contributed by atoms with Crippen LogP contribution < -0.4 is 10.6 Å². The standard InChI is InChI=1S/C24H27N5O3S/c1-16(2)29(23(32)19-8-6-17(3)7-9-19)14-22(31)28-24-27-20(15-33-24)11-21(30)26-13-18-5-4-10-25-12-18/h4-10,12,15-16H,11,13-14H2,1-3H3,(H,26,30)(H,27,28,31). The molecule has 0 aliphatic rings. The van der Waals surface area contributed by atoms with Gasteiger partial charge in [0.25, 0.3) is 5.91 Å². The molecule has 0 saturated heterocycles. The molecule has 33 heavy (non-hydrogen) atoms. The van der Waals surface area contributed by atoms with Gasteiger partial charge >= 0.3 is 0 Å². The van der Waals surface area contributed by atoms with Crippen LogP contribution in [0.2, 0.25) is 0 Å². The summed E-state index contributed by atoms with van der Waals surface area (Å²) >= 11 is 1.24. The van der Waals surface area contributed by atoms with Crippen molar-refractivity contribution in [3.8, 4) is 0 Å². The van der Waals surface area contributed by atoms with Crippen LogP contribution in [0.3, 0.4) is 0 Å². The van der Waals surface area contributed by atoms with Crippen molar-refractivity contribution in [1.29, 1.82) is 0 Å². The summed E-state index contributed by atoms with van der Waals surface area (Å²) in [6.07, 6.45) is 3.48. The number of nitrogens with one attached hydrogen (secondary N) is 2. The summed E-state index contributed by atoms with van der Waals surface area (Å²) in [5, 5.41) is 7.67. The van der Waals surface area contributed by atoms with Gasteiger partial charge in [-0.3, -0.25) is 19.4 Å². The molecule has 2 N–H and O–H groups in total. The molecule has 0 aliphatic carbocycles. The zero-order valence-corrected chi connectivity index (χ0v) is 19.7. The third-order valence-electron chi connectivity index (χ3n) is 4.85. The summed E-state index contributed by atoms with van der Waals surface area (Å²) in [5.41, 5.74) is 3.07. The zero-order chi connectivity index (χ0) is 23.8. The predicted octanol–water partition coefficient (Wildman–Crippen LogP) is 3.19. The Morgan fingerprint density at radius 3 is 2.52 bits per heavy atom. The van der Waals surface area contributed by atoms with Gasteiger partial charge in [0.1, 0.15) is 6.54 Å². The van der Waals surface area contributed by atoms with Crippen molar-refractivity contribution in [1.82, 2.24) is 20.2 Å². The van der Waals surface area contributed by atoms with Gasteiger partial charge in [0.05, 0.1) is 12.1 Å². The Morgan fingerprint density at radius 1 is 1.09 bits per heavy atom. The lowest BCUT2D eigenvalue weighted by atomic mass is 10.1. The Hall–Kier alpha value is -3.59. The Morgan fingerprint density at radius 2 is 1.85 bits per heavy atom. The fourth-order valence-corrected chi connectivity index (χ4v) is 3.77. The van der Waals surface area contributed by atoms with Gasteiger partial charge in [0.2, 0.25) is 11.8 Å². The first-order valence-electron chi connectivity index (χ1n) is 10.6. The van der Waals surface area contributed by atoms with Gasteiger partial charge < -0.3 is 15.5 Å². The number of anilines is 1. The molecule has 9 heteroatoms. The second kappa shape index (κ2) is 11.3. The average molecular weight is 466 g/mol. The Labute approximate surface area is 197 Å². The number of pyridine rings is 1. The quantitative estimate of drug-likeness (QED) is 0.505. The van der Waals surface area contributed by atoms with E-state index in [1.165, 1.54) is 16.2 Å². The second-order valence-corrected chi connectivity index (χ2v) is 8.76. The molecule has 172 valence electrons. The fourth-order valence-electron chi connectivity index (χ4n) is 3.04. The maximum absolute atomic E-state index is 12.9. The third-order valence-corrected chi connectivity index (χ3v) is 5.66. The zero-order valence-electron chi connectivity index (χ0n) is 18.9. The smallest absolute Gasteiger partial charge is 0.254 e. The number of thiazole rings is 1. The van der Waals surface area contributed by atoms with Gasteiger partial charge in [0.15, 0.2) is 5.13 Å². The Bertz CT molecular complexity index is 1100. The van der Waals surface area contributed by atoms with E-state index in [1.54, 1.807) is 29.9 Å². The van der Waals surface area contributed by atoms with Crippen LogP contribution in [-0.2, 0) is 22.6 Å². The van der Waals surface area contributed by atoms with E-state index in [9.17, 15) is 14.4 Å². The van der Waals surface area contributed by atoms with Crippen LogP contribution in [0.15, 0.2) is 54.2 Å². The molecular formula is C24H27N5O3S. The maximum Gasteiger partial charge on any atom is 0.254 e. The van der Waals surface area contributed by atoms with Crippen LogP contribution in [0.5, 0.6) is 0 Å². The highest BCUT2D eigenvalue weighted by atomic mass is 32.1. The lowest BCUT2D eigenvalue weighted by Gasteiger charge is -2.26. The summed E-state index contributed by atoms with van der Waals surface area (Å²) < 4.78 is 0. The monoisotopic (exact) mass is 465 g/mol. The number of hydrogen-bond donors (Lipinski definition) is 2. The largest absolute Gasteiger partial charge is 0.352 e. The molecule has 0 aliphatic heterocycles. The summed E-state index contributed by atoms with van der Waals surface area (Å²) in [5.74, 6) is -0.715. The van der Waals surface area contributed by atoms with E-state index in [-0.39, 0.29) is 36.7 Å². The van der Waals surface area contributed by atoms with Gasteiger partial charge in [0, 0.05) is 35.9 Å². The van der Waals surface area contributed by atoms with Gasteiger partial charge in [-0.2, -0.15) is 0 Å². The summed E-state index contributed by atoms with van der Waals surface area (Å²) in [6, 6.07) is 10.8. The first-order valence-corrected chi connectivity index (χ1v) is 11.5. The lowest BCUT2D eigenvalue weighted by Crippen LogP contribution is -2.42. The van der Waals surface area contributed by atoms with Crippen LogP contribution in [0.4, 0.5) is 5.13 Å². The highest BCUT2D eigenvalue weighted by Gasteiger charge is 2.22. The molecular weight excluding hydrogens is 438 g/mol. The van der Waals surface area contributed by atoms with Gasteiger partial charge in [-0.1, -0.05) is 23.8 Å². The number of carbonyl (C=O) groups is 3. The first-order chi connectivity index (χ1) is 15.8. The molecule has 3 amide bonds. The number of aryl methyl sites for hydroxylation is 1. The number of benzene rings is 1. The van der Waals surface area contributed by atoms with E-state index in [0.717, 1.165) is 11.1 Å². The molecule has 2 aromatic heterocycles. The van der Waals surface area contributed by atoms with E-state index < -0.39 is 0 Å². The minimum absolute atomic E-state index is 0.0924. The molecule has 0 atom stereocenters. The molecule has 2 heterocycles. The highest BCUT2D eigenvalue weighted by molar-refractivity contribution is 7.13. The van der Waals surface area contributed by atoms with E-state index in [2.05, 4.69) is 20.6 Å². The molecule has 0 radical (unpaired) electrons. The van der Waals surface area contributed by atoms with Crippen molar-refractivity contribution in [2.75, 3.05) is 11.9 Å². The first kappa shape index (κ1) is 24.1. The average Bonchev–Trinajstić information content (AvgIpc) is 3.23. The van der Waals surface area contributed by atoms with Crippen LogP contribution in [0, 0.1) is 6.92 Å². The third kappa shape index (κ3) is 7.21. The predicted molar refractivity (Wildman–Crippen MR) is 128 cm³/mol. The van der Waals surface area contributed by atoms with Crippen molar-refractivity contribution in [2.24, 2.45) is 0 Å². The normalized spacial score (nSPS) is 10.7.